The Morgan fingerprint density at radius 1 is 1.03 bits per heavy atom. The van der Waals surface area contributed by atoms with Crippen molar-refractivity contribution in [3.8, 4) is 11.5 Å². The number of ether oxygens (including phenoxy) is 2. The highest BCUT2D eigenvalue weighted by atomic mass is 79.9. The molecule has 3 aromatic rings. The quantitative estimate of drug-likeness (QED) is 0.177. The summed E-state index contributed by atoms with van der Waals surface area (Å²) in [7, 11) is 0. The molecule has 1 unspecified atom stereocenters. The second-order valence-corrected chi connectivity index (χ2v) is 8.32. The number of esters is 1. The number of hydrogen-bond donors (Lipinski definition) is 1. The largest absolute Gasteiger partial charge is 0.481 e. The summed E-state index contributed by atoms with van der Waals surface area (Å²) >= 11 is 15.1. The molecule has 1 atom stereocenters. The maximum Gasteiger partial charge on any atom is 0.343 e. The van der Waals surface area contributed by atoms with Gasteiger partial charge in [0, 0.05) is 20.1 Å². The fourth-order valence-corrected chi connectivity index (χ4v) is 3.20. The summed E-state index contributed by atoms with van der Waals surface area (Å²) in [4.78, 5) is 24.7. The summed E-state index contributed by atoms with van der Waals surface area (Å²) < 4.78 is 11.8. The summed E-state index contributed by atoms with van der Waals surface area (Å²) in [6.07, 6.45) is 0.564. The van der Waals surface area contributed by atoms with Crippen LogP contribution in [-0.2, 0) is 4.79 Å². The molecule has 3 aromatic carbocycles. The van der Waals surface area contributed by atoms with Gasteiger partial charge in [0.15, 0.2) is 6.10 Å². The lowest BCUT2D eigenvalue weighted by molar-refractivity contribution is -0.127. The second-order valence-electron chi connectivity index (χ2n) is 6.53. The van der Waals surface area contributed by atoms with Crippen molar-refractivity contribution in [1.29, 1.82) is 0 Å². The van der Waals surface area contributed by atoms with E-state index in [1.165, 1.54) is 6.21 Å². The minimum atomic E-state index is -0.810. The molecule has 3 rings (SSSR count). The molecule has 9 heteroatoms. The number of rotatable bonds is 7. The molecule has 0 radical (unpaired) electrons. The van der Waals surface area contributed by atoms with Gasteiger partial charge in [0.2, 0.25) is 0 Å². The third-order valence-electron chi connectivity index (χ3n) is 4.11. The van der Waals surface area contributed by atoms with Crippen molar-refractivity contribution in [2.45, 2.75) is 13.0 Å². The molecule has 6 nitrogen and oxygen atoms in total. The van der Waals surface area contributed by atoms with Crippen molar-refractivity contribution in [1.82, 2.24) is 5.43 Å². The number of carbonyl (C=O) groups is 2. The lowest BCUT2D eigenvalue weighted by Gasteiger charge is -2.13. The maximum atomic E-state index is 12.4. The van der Waals surface area contributed by atoms with E-state index in [2.05, 4.69) is 26.5 Å². The van der Waals surface area contributed by atoms with E-state index in [0.717, 1.165) is 4.47 Å². The monoisotopic (exact) mass is 534 g/mol. The van der Waals surface area contributed by atoms with Crippen LogP contribution < -0.4 is 14.9 Å². The van der Waals surface area contributed by atoms with Gasteiger partial charge in [-0.1, -0.05) is 45.2 Å². The Labute approximate surface area is 203 Å². The summed E-state index contributed by atoms with van der Waals surface area (Å²) in [5, 5.41) is 4.97. The van der Waals surface area contributed by atoms with Crippen LogP contribution in [0.4, 0.5) is 0 Å². The van der Waals surface area contributed by atoms with Crippen LogP contribution in [0.15, 0.2) is 76.3 Å². The van der Waals surface area contributed by atoms with E-state index in [9.17, 15) is 9.59 Å². The molecule has 32 heavy (non-hydrogen) atoms. The first-order chi connectivity index (χ1) is 15.3. The Balaban J connectivity index is 1.65. The number of benzene rings is 3. The van der Waals surface area contributed by atoms with E-state index in [1.807, 2.05) is 0 Å². The summed E-state index contributed by atoms with van der Waals surface area (Å²) in [6.45, 7) is 1.59. The molecular formula is C23H17BrCl2N2O4. The van der Waals surface area contributed by atoms with Crippen LogP contribution in [0.3, 0.4) is 0 Å². The normalized spacial score (nSPS) is 11.8. The van der Waals surface area contributed by atoms with Crippen molar-refractivity contribution in [3.05, 3.63) is 92.4 Å². The molecule has 0 saturated heterocycles. The van der Waals surface area contributed by atoms with Gasteiger partial charge >= 0.3 is 5.97 Å². The molecule has 0 aliphatic heterocycles. The zero-order valence-corrected chi connectivity index (χ0v) is 19.8. The van der Waals surface area contributed by atoms with E-state index in [0.29, 0.717) is 26.9 Å². The summed E-state index contributed by atoms with van der Waals surface area (Å²) in [5.74, 6) is -0.274. The molecule has 0 bridgehead atoms. The Bertz CT molecular complexity index is 1150. The predicted molar refractivity (Wildman–Crippen MR) is 128 cm³/mol. The zero-order valence-electron chi connectivity index (χ0n) is 16.7. The van der Waals surface area contributed by atoms with Gasteiger partial charge in [-0.05, 0) is 67.6 Å². The Morgan fingerprint density at radius 2 is 1.78 bits per heavy atom. The molecule has 0 aromatic heterocycles. The maximum absolute atomic E-state index is 12.4. The zero-order chi connectivity index (χ0) is 23.1. The molecular weight excluding hydrogens is 519 g/mol. The van der Waals surface area contributed by atoms with Crippen LogP contribution in [-0.4, -0.2) is 24.2 Å². The van der Waals surface area contributed by atoms with E-state index in [1.54, 1.807) is 73.7 Å². The van der Waals surface area contributed by atoms with Crippen LogP contribution in [0.2, 0.25) is 10.0 Å². The molecule has 0 spiro atoms. The van der Waals surface area contributed by atoms with Crippen molar-refractivity contribution in [2.75, 3.05) is 0 Å². The van der Waals surface area contributed by atoms with Gasteiger partial charge in [-0.2, -0.15) is 5.10 Å². The third-order valence-corrected chi connectivity index (χ3v) is 5.09. The van der Waals surface area contributed by atoms with E-state index >= 15 is 0 Å². The summed E-state index contributed by atoms with van der Waals surface area (Å²) in [5.41, 5.74) is 3.23. The number of hydrogen-bond acceptors (Lipinski definition) is 5. The minimum absolute atomic E-state index is 0.273. The average molecular weight is 536 g/mol. The lowest BCUT2D eigenvalue weighted by Crippen LogP contribution is -2.33. The van der Waals surface area contributed by atoms with Crippen LogP contribution in [0.1, 0.15) is 22.8 Å². The van der Waals surface area contributed by atoms with Crippen molar-refractivity contribution < 1.29 is 19.1 Å². The average Bonchev–Trinajstić information content (AvgIpc) is 2.75. The molecule has 0 heterocycles. The van der Waals surface area contributed by atoms with Crippen LogP contribution in [0, 0.1) is 0 Å². The van der Waals surface area contributed by atoms with Gasteiger partial charge in [0.25, 0.3) is 5.91 Å². The molecule has 1 N–H and O–H groups in total. The summed E-state index contributed by atoms with van der Waals surface area (Å²) in [6, 6.07) is 18.1. The first-order valence-electron chi connectivity index (χ1n) is 9.34. The minimum Gasteiger partial charge on any atom is -0.481 e. The van der Waals surface area contributed by atoms with Gasteiger partial charge in [-0.3, -0.25) is 4.79 Å². The van der Waals surface area contributed by atoms with Crippen molar-refractivity contribution in [3.63, 3.8) is 0 Å². The molecule has 0 aliphatic rings. The van der Waals surface area contributed by atoms with Gasteiger partial charge in [-0.25, -0.2) is 10.2 Å². The fraction of sp³-hybridized carbons (Fsp3) is 0.0870. The van der Waals surface area contributed by atoms with E-state index in [-0.39, 0.29) is 5.75 Å². The van der Waals surface area contributed by atoms with Crippen LogP contribution in [0.25, 0.3) is 0 Å². The number of halogens is 3. The SMILES string of the molecule is CC(Oc1cccc(Cl)c1)C(=O)N/N=C/c1cc(Br)ccc1OC(=O)c1ccc(Cl)cc1. The predicted octanol–water partition coefficient (Wildman–Crippen LogP) is 5.89. The first-order valence-corrected chi connectivity index (χ1v) is 10.9. The van der Waals surface area contributed by atoms with Gasteiger partial charge in [0.05, 0.1) is 11.8 Å². The Hall–Kier alpha value is -2.87. The smallest absolute Gasteiger partial charge is 0.343 e. The molecule has 0 aliphatic carbocycles. The Morgan fingerprint density at radius 3 is 2.50 bits per heavy atom. The number of nitrogens with one attached hydrogen (secondary N) is 1. The van der Waals surface area contributed by atoms with E-state index in [4.69, 9.17) is 32.7 Å². The topological polar surface area (TPSA) is 77.0 Å². The first kappa shape index (κ1) is 23.8. The molecule has 0 saturated carbocycles. The highest BCUT2D eigenvalue weighted by molar-refractivity contribution is 9.10. The molecule has 164 valence electrons. The third kappa shape index (κ3) is 6.82. The van der Waals surface area contributed by atoms with Crippen LogP contribution >= 0.6 is 39.1 Å². The number of hydrazone groups is 1. The fourth-order valence-electron chi connectivity index (χ4n) is 2.51. The van der Waals surface area contributed by atoms with E-state index < -0.39 is 18.0 Å². The van der Waals surface area contributed by atoms with Crippen molar-refractivity contribution in [2.24, 2.45) is 5.10 Å². The van der Waals surface area contributed by atoms with Gasteiger partial charge in [-0.15, -0.1) is 0 Å². The number of nitrogens with zero attached hydrogens (tertiary/aromatic N) is 1. The molecule has 1 amide bonds. The lowest BCUT2D eigenvalue weighted by atomic mass is 10.2. The molecule has 0 fully saturated rings. The number of amides is 1. The van der Waals surface area contributed by atoms with Crippen LogP contribution in [0.5, 0.6) is 11.5 Å². The Kier molecular flexibility index (Phi) is 8.27. The highest BCUT2D eigenvalue weighted by Crippen LogP contribution is 2.23. The van der Waals surface area contributed by atoms with Gasteiger partial charge in [0.1, 0.15) is 11.5 Å². The second kappa shape index (κ2) is 11.1. The van der Waals surface area contributed by atoms with Gasteiger partial charge < -0.3 is 9.47 Å². The standard InChI is InChI=1S/C23H17BrCl2N2O4/c1-14(31-20-4-2-3-19(26)12-20)22(29)28-27-13-16-11-17(24)7-10-21(16)32-23(30)15-5-8-18(25)9-6-15/h2-14H,1H3,(H,28,29)/b27-13+. The highest BCUT2D eigenvalue weighted by Gasteiger charge is 2.15. The number of carbonyl (C=O) groups excluding carboxylic acids is 2. The van der Waals surface area contributed by atoms with Crippen molar-refractivity contribution >= 4 is 57.2 Å².